The van der Waals surface area contributed by atoms with Gasteiger partial charge >= 0.3 is 5.97 Å². The van der Waals surface area contributed by atoms with E-state index in [0.717, 1.165) is 36.1 Å². The van der Waals surface area contributed by atoms with Gasteiger partial charge in [0.1, 0.15) is 4.75 Å². The molecule has 0 aromatic heterocycles. The molecule has 1 saturated carbocycles. The lowest BCUT2D eigenvalue weighted by Crippen LogP contribution is -2.33. The van der Waals surface area contributed by atoms with E-state index in [1.54, 1.807) is 11.8 Å². The molecule has 0 saturated heterocycles. The third kappa shape index (κ3) is 3.79. The van der Waals surface area contributed by atoms with Gasteiger partial charge in [0.05, 0.1) is 18.9 Å². The van der Waals surface area contributed by atoms with Gasteiger partial charge in [0, 0.05) is 11.1 Å². The number of benzene rings is 2. The Morgan fingerprint density at radius 1 is 1.08 bits per heavy atom. The summed E-state index contributed by atoms with van der Waals surface area (Å²) < 4.78 is 4.59. The van der Waals surface area contributed by atoms with E-state index >= 15 is 0 Å². The number of aliphatic imine (C=N–C) groups is 1. The van der Waals surface area contributed by atoms with Crippen molar-refractivity contribution in [2.45, 2.75) is 30.1 Å². The first kappa shape index (κ1) is 17.7. The lowest BCUT2D eigenvalue weighted by molar-refractivity contribution is -0.143. The summed E-state index contributed by atoms with van der Waals surface area (Å²) in [5.41, 5.74) is 3.20. The van der Waals surface area contributed by atoms with Gasteiger partial charge in [0.15, 0.2) is 0 Å². The van der Waals surface area contributed by atoms with Gasteiger partial charge in [0.2, 0.25) is 0 Å². The van der Waals surface area contributed by atoms with Gasteiger partial charge in [-0.1, -0.05) is 60.7 Å². The predicted molar refractivity (Wildman–Crippen MR) is 104 cm³/mol. The van der Waals surface area contributed by atoms with E-state index in [2.05, 4.69) is 24.3 Å². The van der Waals surface area contributed by atoms with Crippen molar-refractivity contribution in [1.29, 1.82) is 0 Å². The molecular formula is C21H23NO2S. The number of hydrogen-bond acceptors (Lipinski definition) is 4. The van der Waals surface area contributed by atoms with Crippen LogP contribution in [0, 0.1) is 0 Å². The predicted octanol–water partition coefficient (Wildman–Crippen LogP) is 4.35. The molecule has 1 aliphatic rings. The highest BCUT2D eigenvalue weighted by Crippen LogP contribution is 2.42. The molecular weight excluding hydrogens is 330 g/mol. The second-order valence-corrected chi connectivity index (χ2v) is 7.49. The average molecular weight is 353 g/mol. The summed E-state index contributed by atoms with van der Waals surface area (Å²) in [4.78, 5) is 17.3. The Kier molecular flexibility index (Phi) is 5.59. The van der Waals surface area contributed by atoms with E-state index in [1.807, 2.05) is 42.7 Å². The fourth-order valence-corrected chi connectivity index (χ4v) is 4.36. The highest BCUT2D eigenvalue weighted by Gasteiger charge is 2.46. The van der Waals surface area contributed by atoms with Gasteiger partial charge in [-0.05, 0) is 25.5 Å². The van der Waals surface area contributed by atoms with E-state index in [4.69, 9.17) is 9.73 Å². The van der Waals surface area contributed by atoms with Crippen LogP contribution in [-0.2, 0) is 9.53 Å². The van der Waals surface area contributed by atoms with Crippen molar-refractivity contribution in [1.82, 2.24) is 0 Å². The Balaban J connectivity index is 1.94. The minimum atomic E-state index is -0.457. The summed E-state index contributed by atoms with van der Waals surface area (Å²) in [6, 6.07) is 20.6. The summed E-state index contributed by atoms with van der Waals surface area (Å²) in [5, 5.41) is 0. The van der Waals surface area contributed by atoms with E-state index in [9.17, 15) is 4.79 Å². The summed E-state index contributed by atoms with van der Waals surface area (Å²) >= 11 is 1.59. The number of ether oxygens (including phenoxy) is 1. The topological polar surface area (TPSA) is 38.7 Å². The molecule has 25 heavy (non-hydrogen) atoms. The van der Waals surface area contributed by atoms with Crippen LogP contribution < -0.4 is 0 Å². The highest BCUT2D eigenvalue weighted by atomic mass is 32.2. The maximum atomic E-state index is 12.2. The van der Waals surface area contributed by atoms with E-state index in [0.29, 0.717) is 0 Å². The first-order chi connectivity index (χ1) is 12.2. The zero-order chi connectivity index (χ0) is 17.7. The number of carbonyl (C=O) groups excluding carboxylic acids is 1. The van der Waals surface area contributed by atoms with Crippen molar-refractivity contribution >= 4 is 23.4 Å². The molecule has 1 unspecified atom stereocenters. The Morgan fingerprint density at radius 2 is 1.64 bits per heavy atom. The van der Waals surface area contributed by atoms with E-state index in [1.165, 1.54) is 7.11 Å². The Morgan fingerprint density at radius 3 is 2.12 bits per heavy atom. The number of methoxy groups -OCH3 is 1. The lowest BCUT2D eigenvalue weighted by Gasteiger charge is -2.23. The lowest BCUT2D eigenvalue weighted by atomic mass is 10.0. The number of thioether (sulfide) groups is 1. The molecule has 3 rings (SSSR count). The maximum Gasteiger partial charge on any atom is 0.321 e. The molecule has 3 nitrogen and oxygen atoms in total. The summed E-state index contributed by atoms with van der Waals surface area (Å²) in [7, 11) is 1.47. The molecule has 0 radical (unpaired) electrons. The Hall–Kier alpha value is -2.07. The van der Waals surface area contributed by atoms with Crippen LogP contribution in [0.15, 0.2) is 65.7 Å². The van der Waals surface area contributed by atoms with Crippen LogP contribution in [0.4, 0.5) is 0 Å². The smallest absolute Gasteiger partial charge is 0.321 e. The van der Waals surface area contributed by atoms with Gasteiger partial charge in [-0.2, -0.15) is 0 Å². The number of nitrogens with zero attached hydrogens (tertiary/aromatic N) is 1. The summed E-state index contributed by atoms with van der Waals surface area (Å²) in [5.74, 6) is -0.126. The monoisotopic (exact) mass is 353 g/mol. The Bertz CT molecular complexity index is 704. The van der Waals surface area contributed by atoms with Crippen LogP contribution >= 0.6 is 11.8 Å². The molecule has 0 spiro atoms. The van der Waals surface area contributed by atoms with Crippen LogP contribution in [0.1, 0.15) is 30.4 Å². The molecule has 0 bridgehead atoms. The van der Waals surface area contributed by atoms with Crippen molar-refractivity contribution in [2.75, 3.05) is 13.4 Å². The first-order valence-electron chi connectivity index (χ1n) is 8.51. The third-order valence-electron chi connectivity index (χ3n) is 4.80. The molecule has 2 atom stereocenters. The van der Waals surface area contributed by atoms with Crippen molar-refractivity contribution in [3.8, 4) is 0 Å². The highest BCUT2D eigenvalue weighted by molar-refractivity contribution is 8.00. The molecule has 1 fully saturated rings. The van der Waals surface area contributed by atoms with Gasteiger partial charge in [-0.3, -0.25) is 9.79 Å². The first-order valence-corrected chi connectivity index (χ1v) is 9.73. The van der Waals surface area contributed by atoms with Crippen LogP contribution in [-0.4, -0.2) is 35.8 Å². The maximum absolute atomic E-state index is 12.2. The fourth-order valence-electron chi connectivity index (χ4n) is 3.43. The van der Waals surface area contributed by atoms with Crippen LogP contribution in [0.5, 0.6) is 0 Å². The number of hydrogen-bond donors (Lipinski definition) is 0. The van der Waals surface area contributed by atoms with Crippen LogP contribution in [0.2, 0.25) is 0 Å². The molecule has 0 N–H and O–H groups in total. The van der Waals surface area contributed by atoms with Crippen LogP contribution in [0.25, 0.3) is 0 Å². The molecule has 2 aromatic rings. The molecule has 130 valence electrons. The van der Waals surface area contributed by atoms with E-state index in [-0.39, 0.29) is 12.0 Å². The molecule has 4 heteroatoms. The second-order valence-electron chi connectivity index (χ2n) is 6.30. The van der Waals surface area contributed by atoms with Crippen molar-refractivity contribution in [2.24, 2.45) is 4.99 Å². The number of carbonyl (C=O) groups is 1. The molecule has 1 aliphatic carbocycles. The summed E-state index contributed by atoms with van der Waals surface area (Å²) in [6.07, 6.45) is 4.42. The SMILES string of the molecule is COC(=O)C1(SC)CC[C@@H](N=C(c2ccccc2)c2ccccc2)C1. The second kappa shape index (κ2) is 7.87. The molecule has 2 aromatic carbocycles. The van der Waals surface area contributed by atoms with Crippen molar-refractivity contribution in [3.05, 3.63) is 71.8 Å². The molecule has 0 heterocycles. The zero-order valence-electron chi connectivity index (χ0n) is 14.6. The number of rotatable bonds is 5. The standard InChI is InChI=1S/C21H23NO2S/c1-24-20(23)21(25-2)14-13-18(15-21)22-19(16-9-5-3-6-10-16)17-11-7-4-8-12-17/h3-12,18H,13-15H2,1-2H3/t18-,21?/m1/s1. The van der Waals surface area contributed by atoms with Gasteiger partial charge in [0.25, 0.3) is 0 Å². The average Bonchev–Trinajstić information content (AvgIpc) is 3.11. The zero-order valence-corrected chi connectivity index (χ0v) is 15.5. The minimum Gasteiger partial charge on any atom is -0.468 e. The van der Waals surface area contributed by atoms with Gasteiger partial charge in [-0.15, -0.1) is 11.8 Å². The molecule has 0 aliphatic heterocycles. The van der Waals surface area contributed by atoms with Gasteiger partial charge in [-0.25, -0.2) is 0 Å². The fraction of sp³-hybridized carbons (Fsp3) is 0.333. The number of esters is 1. The van der Waals surface area contributed by atoms with Crippen LogP contribution in [0.3, 0.4) is 0 Å². The third-order valence-corrected chi connectivity index (χ3v) is 6.12. The molecule has 0 amide bonds. The minimum absolute atomic E-state index is 0.126. The Labute approximate surface area is 153 Å². The van der Waals surface area contributed by atoms with Crippen molar-refractivity contribution < 1.29 is 9.53 Å². The van der Waals surface area contributed by atoms with Gasteiger partial charge < -0.3 is 4.74 Å². The quantitative estimate of drug-likeness (QED) is 0.592. The normalized spacial score (nSPS) is 22.4. The largest absolute Gasteiger partial charge is 0.468 e. The van der Waals surface area contributed by atoms with E-state index < -0.39 is 4.75 Å². The summed E-state index contributed by atoms with van der Waals surface area (Å²) in [6.45, 7) is 0. The van der Waals surface area contributed by atoms with Crippen molar-refractivity contribution in [3.63, 3.8) is 0 Å².